The Morgan fingerprint density at radius 1 is 1.26 bits per heavy atom. The zero-order chi connectivity index (χ0) is 16.2. The van der Waals surface area contributed by atoms with Crippen LogP contribution in [0, 0.1) is 0 Å². The maximum atomic E-state index is 12.3. The lowest BCUT2D eigenvalue weighted by atomic mass is 9.93. The van der Waals surface area contributed by atoms with Crippen molar-refractivity contribution in [1.82, 2.24) is 10.6 Å². The number of ether oxygens (including phenoxy) is 1. The monoisotopic (exact) mass is 318 g/mol. The van der Waals surface area contributed by atoms with Gasteiger partial charge in [0, 0.05) is 0 Å². The van der Waals surface area contributed by atoms with E-state index in [0.29, 0.717) is 6.61 Å². The third kappa shape index (κ3) is 3.61. The van der Waals surface area contributed by atoms with Crippen LogP contribution in [0.1, 0.15) is 56.2 Å². The molecule has 0 aromatic heterocycles. The lowest BCUT2D eigenvalue weighted by Crippen LogP contribution is -2.49. The smallest absolute Gasteiger partial charge is 0.315 e. The van der Waals surface area contributed by atoms with Gasteiger partial charge in [-0.1, -0.05) is 25.0 Å². The lowest BCUT2D eigenvalue weighted by molar-refractivity contribution is 0.0940. The van der Waals surface area contributed by atoms with Crippen molar-refractivity contribution in [2.24, 2.45) is 0 Å². The summed E-state index contributed by atoms with van der Waals surface area (Å²) < 4.78 is 5.68. The van der Waals surface area contributed by atoms with Gasteiger partial charge in [0.05, 0.1) is 24.8 Å². The number of benzene rings is 1. The van der Waals surface area contributed by atoms with Crippen molar-refractivity contribution in [3.05, 3.63) is 29.3 Å². The van der Waals surface area contributed by atoms with Crippen molar-refractivity contribution in [2.75, 3.05) is 6.61 Å². The molecule has 1 fully saturated rings. The fourth-order valence-corrected chi connectivity index (χ4v) is 3.71. The van der Waals surface area contributed by atoms with Gasteiger partial charge in [0.2, 0.25) is 0 Å². The molecule has 23 heavy (non-hydrogen) atoms. The fraction of sp³-hybridized carbons (Fsp3) is 0.611. The van der Waals surface area contributed by atoms with Crippen LogP contribution in [0.15, 0.2) is 18.2 Å². The molecule has 5 heteroatoms. The molecule has 1 aromatic rings. The van der Waals surface area contributed by atoms with E-state index in [4.69, 9.17) is 4.74 Å². The van der Waals surface area contributed by atoms with Crippen LogP contribution in [0.4, 0.5) is 4.79 Å². The second-order valence-electron chi connectivity index (χ2n) is 6.42. The molecule has 2 aliphatic carbocycles. The third-order valence-electron chi connectivity index (χ3n) is 4.88. The molecule has 1 saturated carbocycles. The molecule has 0 aliphatic heterocycles. The second-order valence-corrected chi connectivity index (χ2v) is 6.42. The standard InChI is InChI=1S/C18H26N2O3/c1-2-23-17-9-5-6-12-13(17)10-11-14(12)19-18(22)20-15-7-3-4-8-16(15)21/h5-6,9,14-16,21H,2-4,7-8,10-11H2,1H3,(H2,19,20,22)/t14-,15-,16+/m0/s1. The van der Waals surface area contributed by atoms with E-state index in [1.165, 1.54) is 5.56 Å². The molecule has 5 nitrogen and oxygen atoms in total. The van der Waals surface area contributed by atoms with Crippen molar-refractivity contribution in [3.63, 3.8) is 0 Å². The minimum absolute atomic E-state index is 0.0196. The first-order valence-electron chi connectivity index (χ1n) is 8.68. The first-order chi connectivity index (χ1) is 11.2. The van der Waals surface area contributed by atoms with E-state index in [9.17, 15) is 9.90 Å². The highest BCUT2D eigenvalue weighted by Crippen LogP contribution is 2.36. The maximum Gasteiger partial charge on any atom is 0.315 e. The van der Waals surface area contributed by atoms with Gasteiger partial charge < -0.3 is 20.5 Å². The number of carbonyl (C=O) groups is 1. The van der Waals surface area contributed by atoms with Crippen LogP contribution in [0.5, 0.6) is 5.75 Å². The van der Waals surface area contributed by atoms with Crippen molar-refractivity contribution in [3.8, 4) is 5.75 Å². The van der Waals surface area contributed by atoms with E-state index in [0.717, 1.165) is 49.8 Å². The molecule has 0 bridgehead atoms. The Hall–Kier alpha value is -1.75. The van der Waals surface area contributed by atoms with Crippen molar-refractivity contribution in [2.45, 2.75) is 63.6 Å². The van der Waals surface area contributed by atoms with Crippen molar-refractivity contribution >= 4 is 6.03 Å². The summed E-state index contributed by atoms with van der Waals surface area (Å²) in [4.78, 5) is 12.3. The molecule has 3 N–H and O–H groups in total. The topological polar surface area (TPSA) is 70.6 Å². The van der Waals surface area contributed by atoms with Crippen LogP contribution in [-0.4, -0.2) is 29.9 Å². The molecule has 0 heterocycles. The molecule has 0 unspecified atom stereocenters. The van der Waals surface area contributed by atoms with E-state index in [2.05, 4.69) is 16.7 Å². The number of hydrogen-bond donors (Lipinski definition) is 3. The Morgan fingerprint density at radius 2 is 2.09 bits per heavy atom. The predicted molar refractivity (Wildman–Crippen MR) is 88.6 cm³/mol. The second kappa shape index (κ2) is 7.21. The third-order valence-corrected chi connectivity index (χ3v) is 4.88. The molecule has 0 spiro atoms. The molecule has 0 saturated heterocycles. The number of urea groups is 1. The Bertz CT molecular complexity index is 561. The molecule has 2 aliphatic rings. The van der Waals surface area contributed by atoms with Gasteiger partial charge >= 0.3 is 6.03 Å². The fourth-order valence-electron chi connectivity index (χ4n) is 3.71. The summed E-state index contributed by atoms with van der Waals surface area (Å²) in [5, 5.41) is 16.0. The Balaban J connectivity index is 1.62. The highest BCUT2D eigenvalue weighted by atomic mass is 16.5. The molecule has 126 valence electrons. The number of hydrogen-bond acceptors (Lipinski definition) is 3. The molecular weight excluding hydrogens is 292 g/mol. The minimum Gasteiger partial charge on any atom is -0.494 e. The summed E-state index contributed by atoms with van der Waals surface area (Å²) in [6.07, 6.45) is 5.11. The van der Waals surface area contributed by atoms with Gasteiger partial charge in [-0.25, -0.2) is 4.79 Å². The highest BCUT2D eigenvalue weighted by Gasteiger charge is 2.29. The largest absolute Gasteiger partial charge is 0.494 e. The van der Waals surface area contributed by atoms with Crippen LogP contribution < -0.4 is 15.4 Å². The molecule has 2 amide bonds. The summed E-state index contributed by atoms with van der Waals surface area (Å²) in [6.45, 7) is 2.63. The van der Waals surface area contributed by atoms with Gasteiger partial charge in [-0.15, -0.1) is 0 Å². The number of rotatable bonds is 4. The minimum atomic E-state index is -0.421. The van der Waals surface area contributed by atoms with Gasteiger partial charge in [0.25, 0.3) is 0 Å². The zero-order valence-corrected chi connectivity index (χ0v) is 13.7. The molecule has 1 aromatic carbocycles. The lowest BCUT2D eigenvalue weighted by Gasteiger charge is -2.29. The predicted octanol–water partition coefficient (Wildman–Crippen LogP) is 2.68. The van der Waals surface area contributed by atoms with Crippen molar-refractivity contribution in [1.29, 1.82) is 0 Å². The Labute approximate surface area is 137 Å². The van der Waals surface area contributed by atoms with Crippen LogP contribution >= 0.6 is 0 Å². The normalized spacial score (nSPS) is 26.4. The number of fused-ring (bicyclic) bond motifs is 1. The number of aliphatic hydroxyl groups is 1. The first kappa shape index (κ1) is 16.1. The van der Waals surface area contributed by atoms with Crippen LogP contribution in [0.2, 0.25) is 0 Å². The summed E-state index contributed by atoms with van der Waals surface area (Å²) in [5.41, 5.74) is 2.35. The van der Waals surface area contributed by atoms with Crippen LogP contribution in [0.25, 0.3) is 0 Å². The molecule has 3 rings (SSSR count). The first-order valence-corrected chi connectivity index (χ1v) is 8.68. The quantitative estimate of drug-likeness (QED) is 0.799. The van der Waals surface area contributed by atoms with E-state index in [1.54, 1.807) is 0 Å². The van der Waals surface area contributed by atoms with Gasteiger partial charge in [-0.05, 0) is 49.8 Å². The number of carbonyl (C=O) groups excluding carboxylic acids is 1. The van der Waals surface area contributed by atoms with Gasteiger partial charge in [0.15, 0.2) is 0 Å². The average Bonchev–Trinajstić information content (AvgIpc) is 2.94. The average molecular weight is 318 g/mol. The number of amides is 2. The van der Waals surface area contributed by atoms with Gasteiger partial charge in [0.1, 0.15) is 5.75 Å². The molecule has 3 atom stereocenters. The Morgan fingerprint density at radius 3 is 2.87 bits per heavy atom. The summed E-state index contributed by atoms with van der Waals surface area (Å²) in [6, 6.07) is 5.74. The highest BCUT2D eigenvalue weighted by molar-refractivity contribution is 5.75. The SMILES string of the molecule is CCOc1cccc2c1CC[C@@H]2NC(=O)N[C@H]1CCCC[C@H]1O. The number of nitrogens with one attached hydrogen (secondary N) is 2. The van der Waals surface area contributed by atoms with Crippen molar-refractivity contribution < 1.29 is 14.6 Å². The van der Waals surface area contributed by atoms with E-state index < -0.39 is 6.10 Å². The molecular formula is C18H26N2O3. The van der Waals surface area contributed by atoms with Crippen LogP contribution in [-0.2, 0) is 6.42 Å². The number of aliphatic hydroxyl groups excluding tert-OH is 1. The maximum absolute atomic E-state index is 12.3. The van der Waals surface area contributed by atoms with Gasteiger partial charge in [-0.3, -0.25) is 0 Å². The zero-order valence-electron chi connectivity index (χ0n) is 13.7. The summed E-state index contributed by atoms with van der Waals surface area (Å²) in [5.74, 6) is 0.928. The summed E-state index contributed by atoms with van der Waals surface area (Å²) >= 11 is 0. The van der Waals surface area contributed by atoms with E-state index in [1.807, 2.05) is 19.1 Å². The molecule has 0 radical (unpaired) electrons. The van der Waals surface area contributed by atoms with Crippen LogP contribution in [0.3, 0.4) is 0 Å². The Kier molecular flexibility index (Phi) is 5.06. The summed E-state index contributed by atoms with van der Waals surface area (Å²) in [7, 11) is 0. The van der Waals surface area contributed by atoms with E-state index >= 15 is 0 Å². The van der Waals surface area contributed by atoms with E-state index in [-0.39, 0.29) is 18.1 Å². The van der Waals surface area contributed by atoms with Gasteiger partial charge in [-0.2, -0.15) is 0 Å².